The second kappa shape index (κ2) is 7.41. The normalized spacial score (nSPS) is 22.8. The molecule has 3 heterocycles. The number of pyridine rings is 1. The van der Waals surface area contributed by atoms with Gasteiger partial charge in [-0.1, -0.05) is 55.5 Å². The number of hydrogen-bond acceptors (Lipinski definition) is 4. The maximum Gasteiger partial charge on any atom is 0.257 e. The zero-order valence-electron chi connectivity index (χ0n) is 16.8. The number of carbonyl (C=O) groups is 2. The number of para-hydroxylation sites is 1. The van der Waals surface area contributed by atoms with E-state index in [2.05, 4.69) is 11.8 Å². The lowest BCUT2D eigenvalue weighted by Gasteiger charge is -2.41. The van der Waals surface area contributed by atoms with E-state index in [1.165, 1.54) is 4.90 Å². The predicted molar refractivity (Wildman–Crippen MR) is 116 cm³/mol. The Labute approximate surface area is 176 Å². The molecule has 2 amide bonds. The summed E-state index contributed by atoms with van der Waals surface area (Å²) in [4.78, 5) is 35.6. The third-order valence-corrected chi connectivity index (χ3v) is 6.07. The van der Waals surface area contributed by atoms with Gasteiger partial charge >= 0.3 is 0 Å². The van der Waals surface area contributed by atoms with Gasteiger partial charge in [-0.25, -0.2) is 4.90 Å². The van der Waals surface area contributed by atoms with E-state index in [4.69, 9.17) is 4.98 Å². The standard InChI is InChI=1S/C25H23N3O2/c1-2-16-27-19-14-9-15-26-22(19)20(17-10-5-3-6-11-17)21-23(27)25(30)28(24(21)29)18-12-7-4-8-13-18/h3-15,20-21,23H,2,16H2,1H3/t20?,21-,23+/m0/s1. The number of imide groups is 1. The quantitative estimate of drug-likeness (QED) is 0.625. The molecule has 1 unspecified atom stereocenters. The number of fused-ring (bicyclic) bond motifs is 2. The molecule has 5 heteroatoms. The van der Waals surface area contributed by atoms with Crippen LogP contribution >= 0.6 is 0 Å². The summed E-state index contributed by atoms with van der Waals surface area (Å²) >= 11 is 0. The molecule has 0 saturated carbocycles. The third-order valence-electron chi connectivity index (χ3n) is 6.07. The highest BCUT2D eigenvalue weighted by Gasteiger charge is 2.57. The van der Waals surface area contributed by atoms with Gasteiger partial charge in [-0.3, -0.25) is 14.6 Å². The second-order valence-electron chi connectivity index (χ2n) is 7.81. The van der Waals surface area contributed by atoms with Gasteiger partial charge in [0.2, 0.25) is 5.91 Å². The minimum absolute atomic E-state index is 0.151. The van der Waals surface area contributed by atoms with E-state index in [1.807, 2.05) is 72.8 Å². The molecular formula is C25H23N3O2. The zero-order chi connectivity index (χ0) is 20.7. The Morgan fingerprint density at radius 2 is 1.57 bits per heavy atom. The molecule has 0 spiro atoms. The summed E-state index contributed by atoms with van der Waals surface area (Å²) in [6.45, 7) is 2.79. The molecule has 30 heavy (non-hydrogen) atoms. The van der Waals surface area contributed by atoms with Crippen LogP contribution in [0.5, 0.6) is 0 Å². The van der Waals surface area contributed by atoms with E-state index in [0.717, 1.165) is 23.4 Å². The molecule has 2 aliphatic rings. The second-order valence-corrected chi connectivity index (χ2v) is 7.81. The Kier molecular flexibility index (Phi) is 4.58. The fraction of sp³-hybridized carbons (Fsp3) is 0.240. The molecule has 150 valence electrons. The van der Waals surface area contributed by atoms with Crippen LogP contribution in [-0.4, -0.2) is 29.4 Å². The van der Waals surface area contributed by atoms with Crippen molar-refractivity contribution in [3.8, 4) is 0 Å². The molecule has 5 nitrogen and oxygen atoms in total. The number of aromatic nitrogens is 1. The van der Waals surface area contributed by atoms with Gasteiger partial charge < -0.3 is 4.90 Å². The van der Waals surface area contributed by atoms with Crippen molar-refractivity contribution in [2.75, 3.05) is 16.3 Å². The minimum atomic E-state index is -0.528. The molecule has 2 aliphatic heterocycles. The van der Waals surface area contributed by atoms with Crippen LogP contribution in [0.1, 0.15) is 30.5 Å². The first kappa shape index (κ1) is 18.6. The predicted octanol–water partition coefficient (Wildman–Crippen LogP) is 4.00. The maximum atomic E-state index is 13.7. The molecule has 3 aromatic rings. The summed E-state index contributed by atoms with van der Waals surface area (Å²) in [5.74, 6) is -1.07. The number of carbonyl (C=O) groups excluding carboxylic acids is 2. The van der Waals surface area contributed by atoms with Crippen molar-refractivity contribution in [3.63, 3.8) is 0 Å². The highest BCUT2D eigenvalue weighted by Crippen LogP contribution is 2.49. The minimum Gasteiger partial charge on any atom is -0.357 e. The van der Waals surface area contributed by atoms with E-state index in [-0.39, 0.29) is 17.7 Å². The van der Waals surface area contributed by atoms with Crippen molar-refractivity contribution in [2.45, 2.75) is 25.3 Å². The average molecular weight is 397 g/mol. The van der Waals surface area contributed by atoms with E-state index in [9.17, 15) is 9.59 Å². The van der Waals surface area contributed by atoms with Gasteiger partial charge in [-0.15, -0.1) is 0 Å². The number of amides is 2. The summed E-state index contributed by atoms with van der Waals surface area (Å²) in [5.41, 5.74) is 3.46. The highest BCUT2D eigenvalue weighted by atomic mass is 16.2. The van der Waals surface area contributed by atoms with E-state index < -0.39 is 12.0 Å². The van der Waals surface area contributed by atoms with Crippen LogP contribution in [0.3, 0.4) is 0 Å². The Hall–Kier alpha value is -3.47. The summed E-state index contributed by atoms with van der Waals surface area (Å²) < 4.78 is 0. The van der Waals surface area contributed by atoms with Gasteiger partial charge in [0, 0.05) is 18.7 Å². The van der Waals surface area contributed by atoms with Crippen molar-refractivity contribution in [3.05, 3.63) is 90.3 Å². The largest absolute Gasteiger partial charge is 0.357 e. The Morgan fingerprint density at radius 1 is 0.867 bits per heavy atom. The number of rotatable bonds is 4. The topological polar surface area (TPSA) is 53.5 Å². The molecule has 3 atom stereocenters. The number of nitrogens with zero attached hydrogens (tertiary/aromatic N) is 3. The van der Waals surface area contributed by atoms with Crippen molar-refractivity contribution in [2.24, 2.45) is 5.92 Å². The van der Waals surface area contributed by atoms with Crippen LogP contribution in [0.4, 0.5) is 11.4 Å². The first-order valence-corrected chi connectivity index (χ1v) is 10.4. The SMILES string of the molecule is CCCN1c2cccnc2C(c2ccccc2)[C@@H]2C(=O)N(c3ccccc3)C(=O)[C@@H]21. The fourth-order valence-electron chi connectivity index (χ4n) is 4.90. The first-order valence-electron chi connectivity index (χ1n) is 10.4. The molecule has 0 N–H and O–H groups in total. The van der Waals surface area contributed by atoms with E-state index in [1.54, 1.807) is 6.20 Å². The molecular weight excluding hydrogens is 374 g/mol. The fourth-order valence-corrected chi connectivity index (χ4v) is 4.90. The van der Waals surface area contributed by atoms with Crippen LogP contribution in [0.25, 0.3) is 0 Å². The van der Waals surface area contributed by atoms with Crippen LogP contribution < -0.4 is 9.80 Å². The zero-order valence-corrected chi connectivity index (χ0v) is 16.8. The molecule has 0 aliphatic carbocycles. The van der Waals surface area contributed by atoms with Crippen molar-refractivity contribution >= 4 is 23.2 Å². The Balaban J connectivity index is 1.71. The molecule has 1 fully saturated rings. The van der Waals surface area contributed by atoms with Crippen molar-refractivity contribution < 1.29 is 9.59 Å². The van der Waals surface area contributed by atoms with Gasteiger partial charge in [0.1, 0.15) is 6.04 Å². The molecule has 2 aromatic carbocycles. The van der Waals surface area contributed by atoms with Gasteiger partial charge in [0.15, 0.2) is 0 Å². The molecule has 1 aromatic heterocycles. The van der Waals surface area contributed by atoms with E-state index >= 15 is 0 Å². The summed E-state index contributed by atoms with van der Waals surface area (Å²) in [5, 5.41) is 0. The highest BCUT2D eigenvalue weighted by molar-refractivity contribution is 6.25. The van der Waals surface area contributed by atoms with Gasteiger partial charge in [-0.05, 0) is 36.2 Å². The lowest BCUT2D eigenvalue weighted by atomic mass is 9.76. The molecule has 0 bridgehead atoms. The van der Waals surface area contributed by atoms with Crippen LogP contribution in [0.15, 0.2) is 79.0 Å². The lowest BCUT2D eigenvalue weighted by molar-refractivity contribution is -0.122. The summed E-state index contributed by atoms with van der Waals surface area (Å²) in [6, 6.07) is 22.6. The summed E-state index contributed by atoms with van der Waals surface area (Å²) in [7, 11) is 0. The molecule has 5 rings (SSSR count). The van der Waals surface area contributed by atoms with E-state index in [0.29, 0.717) is 12.2 Å². The smallest absolute Gasteiger partial charge is 0.257 e. The van der Waals surface area contributed by atoms with Gasteiger partial charge in [0.05, 0.1) is 23.0 Å². The number of anilines is 2. The molecule has 1 saturated heterocycles. The van der Waals surface area contributed by atoms with Gasteiger partial charge in [0.25, 0.3) is 5.91 Å². The number of benzene rings is 2. The Bertz CT molecular complexity index is 1080. The Morgan fingerprint density at radius 3 is 2.27 bits per heavy atom. The van der Waals surface area contributed by atoms with Gasteiger partial charge in [-0.2, -0.15) is 0 Å². The maximum absolute atomic E-state index is 13.7. The van der Waals surface area contributed by atoms with Crippen LogP contribution in [-0.2, 0) is 9.59 Å². The summed E-state index contributed by atoms with van der Waals surface area (Å²) in [6.07, 6.45) is 2.65. The monoisotopic (exact) mass is 397 g/mol. The lowest BCUT2D eigenvalue weighted by Crippen LogP contribution is -2.50. The van der Waals surface area contributed by atoms with Crippen molar-refractivity contribution in [1.82, 2.24) is 4.98 Å². The average Bonchev–Trinajstić information content (AvgIpc) is 3.05. The van der Waals surface area contributed by atoms with Crippen LogP contribution in [0.2, 0.25) is 0 Å². The first-order chi connectivity index (χ1) is 14.7. The number of hydrogen-bond donors (Lipinski definition) is 0. The molecule has 0 radical (unpaired) electrons. The van der Waals surface area contributed by atoms with Crippen LogP contribution in [0, 0.1) is 5.92 Å². The third kappa shape index (κ3) is 2.73. The van der Waals surface area contributed by atoms with Crippen molar-refractivity contribution in [1.29, 1.82) is 0 Å².